The van der Waals surface area contributed by atoms with Crippen molar-refractivity contribution in [2.24, 2.45) is 5.92 Å². The monoisotopic (exact) mass is 315 g/mol. The van der Waals surface area contributed by atoms with Crippen LogP contribution in [0.15, 0.2) is 60.7 Å². The molecule has 2 atom stereocenters. The van der Waals surface area contributed by atoms with Crippen LogP contribution in [0, 0.1) is 5.92 Å². The second-order valence-corrected chi connectivity index (χ2v) is 6.77. The molecule has 0 bridgehead atoms. The van der Waals surface area contributed by atoms with Crippen molar-refractivity contribution in [3.05, 3.63) is 71.8 Å². The summed E-state index contributed by atoms with van der Waals surface area (Å²) in [6, 6.07) is 21.1. The van der Waals surface area contributed by atoms with Crippen molar-refractivity contribution < 1.29 is 0 Å². The normalized spacial score (nSPS) is 11.7. The molecule has 1 N–H and O–H groups in total. The van der Waals surface area contributed by atoms with Crippen molar-refractivity contribution in [1.82, 2.24) is 5.32 Å². The maximum Gasteiger partial charge on any atom is 0.0254 e. The third kappa shape index (κ3) is 8.97. The van der Waals surface area contributed by atoms with Gasteiger partial charge in [0.1, 0.15) is 0 Å². The summed E-state index contributed by atoms with van der Waals surface area (Å²) in [6.45, 7) is 7.56. The maximum absolute atomic E-state index is 3.51. The van der Waals surface area contributed by atoms with E-state index in [0.717, 1.165) is 18.9 Å². The van der Waals surface area contributed by atoms with E-state index in [0.29, 0.717) is 5.78 Å². The van der Waals surface area contributed by atoms with E-state index in [1.807, 2.05) is 6.07 Å². The van der Waals surface area contributed by atoms with Crippen molar-refractivity contribution in [3.63, 3.8) is 0 Å². The van der Waals surface area contributed by atoms with Gasteiger partial charge in [0, 0.05) is 12.3 Å². The zero-order chi connectivity index (χ0) is 16.2. The fourth-order valence-electron chi connectivity index (χ4n) is 1.79. The molecule has 0 radical (unpaired) electrons. The molecule has 0 aromatic heterocycles. The molecule has 0 fully saturated rings. The first-order valence-corrected chi connectivity index (χ1v) is 8.85. The highest BCUT2D eigenvalue weighted by molar-refractivity contribution is 7.17. The first kappa shape index (κ1) is 18.9. The summed E-state index contributed by atoms with van der Waals surface area (Å²) >= 11 is 0. The van der Waals surface area contributed by atoms with Gasteiger partial charge < -0.3 is 5.32 Å². The number of hydrogen-bond acceptors (Lipinski definition) is 1. The first-order valence-electron chi connectivity index (χ1n) is 8.18. The molecule has 22 heavy (non-hydrogen) atoms. The third-order valence-corrected chi connectivity index (χ3v) is 4.00. The molecule has 2 unspecified atom stereocenters. The number of hydrogen-bond donors (Lipinski definition) is 1. The molecule has 0 saturated carbocycles. The van der Waals surface area contributed by atoms with Gasteiger partial charge in [-0.1, -0.05) is 87.9 Å². The van der Waals surface area contributed by atoms with Crippen LogP contribution >= 0.6 is 9.24 Å². The zero-order valence-corrected chi connectivity index (χ0v) is 15.3. The largest absolute Gasteiger partial charge is 0.306 e. The Morgan fingerprint density at radius 3 is 1.77 bits per heavy atom. The lowest BCUT2D eigenvalue weighted by atomic mass is 10.1. The minimum atomic E-state index is 0.414. The Morgan fingerprint density at radius 2 is 1.32 bits per heavy atom. The van der Waals surface area contributed by atoms with Crippen molar-refractivity contribution >= 4 is 9.24 Å². The molecular weight excluding hydrogens is 285 g/mol. The lowest BCUT2D eigenvalue weighted by Gasteiger charge is -2.13. The molecule has 2 aromatic carbocycles. The second kappa shape index (κ2) is 11.4. The van der Waals surface area contributed by atoms with Gasteiger partial charge in [-0.3, -0.25) is 0 Å². The average molecular weight is 315 g/mol. The van der Waals surface area contributed by atoms with Crippen molar-refractivity contribution in [2.75, 3.05) is 0 Å². The van der Waals surface area contributed by atoms with E-state index in [2.05, 4.69) is 89.9 Å². The van der Waals surface area contributed by atoms with Crippen molar-refractivity contribution in [3.8, 4) is 0 Å². The van der Waals surface area contributed by atoms with Crippen LogP contribution in [0.3, 0.4) is 0 Å². The van der Waals surface area contributed by atoms with E-state index >= 15 is 0 Å². The quantitative estimate of drug-likeness (QED) is 0.716. The SMILES string of the molecule is CCC(C)C.PC(Cc1ccccc1)NCc1ccccc1. The Balaban J connectivity index is 0.000000422. The average Bonchev–Trinajstić information content (AvgIpc) is 2.55. The number of benzene rings is 2. The van der Waals surface area contributed by atoms with Crippen LogP contribution in [0.1, 0.15) is 38.3 Å². The topological polar surface area (TPSA) is 12.0 Å². The number of rotatable bonds is 6. The van der Waals surface area contributed by atoms with Crippen LogP contribution in [0.2, 0.25) is 0 Å². The smallest absolute Gasteiger partial charge is 0.0254 e. The molecule has 1 nitrogen and oxygen atoms in total. The van der Waals surface area contributed by atoms with Crippen molar-refractivity contribution in [1.29, 1.82) is 0 Å². The summed E-state index contributed by atoms with van der Waals surface area (Å²) in [5.74, 6) is 1.30. The van der Waals surface area contributed by atoms with E-state index in [1.54, 1.807) is 0 Å². The minimum Gasteiger partial charge on any atom is -0.306 e. The van der Waals surface area contributed by atoms with Gasteiger partial charge in [0.2, 0.25) is 0 Å². The summed E-state index contributed by atoms with van der Waals surface area (Å²) in [7, 11) is 2.87. The molecule has 0 aliphatic heterocycles. The molecule has 0 aliphatic carbocycles. The van der Waals surface area contributed by atoms with E-state index in [-0.39, 0.29) is 0 Å². The molecule has 0 spiro atoms. The molecule has 2 aromatic rings. The summed E-state index contributed by atoms with van der Waals surface area (Å²) in [5, 5.41) is 3.51. The lowest BCUT2D eigenvalue weighted by Crippen LogP contribution is -2.24. The van der Waals surface area contributed by atoms with Crippen molar-refractivity contribution in [2.45, 2.75) is 45.9 Å². The molecule has 0 aliphatic rings. The summed E-state index contributed by atoms with van der Waals surface area (Å²) in [5.41, 5.74) is 2.70. The van der Waals surface area contributed by atoms with Crippen LogP contribution in [-0.4, -0.2) is 5.78 Å². The second-order valence-electron chi connectivity index (χ2n) is 5.96. The Kier molecular flexibility index (Phi) is 9.79. The van der Waals surface area contributed by atoms with Gasteiger partial charge in [0.25, 0.3) is 0 Å². The fraction of sp³-hybridized carbons (Fsp3) is 0.400. The fourth-order valence-corrected chi connectivity index (χ4v) is 2.18. The van der Waals surface area contributed by atoms with Crippen LogP contribution in [0.5, 0.6) is 0 Å². The van der Waals surface area contributed by atoms with Crippen LogP contribution in [0.4, 0.5) is 0 Å². The molecule has 0 heterocycles. The van der Waals surface area contributed by atoms with Crippen LogP contribution in [-0.2, 0) is 13.0 Å². The first-order chi connectivity index (χ1) is 10.6. The summed E-state index contributed by atoms with van der Waals surface area (Å²) < 4.78 is 0. The summed E-state index contributed by atoms with van der Waals surface area (Å²) in [6.07, 6.45) is 2.35. The minimum absolute atomic E-state index is 0.414. The van der Waals surface area contributed by atoms with Gasteiger partial charge in [0.15, 0.2) is 0 Å². The highest BCUT2D eigenvalue weighted by Crippen LogP contribution is 2.08. The molecule has 2 rings (SSSR count). The molecule has 2 heteroatoms. The van der Waals surface area contributed by atoms with Gasteiger partial charge in [-0.05, 0) is 23.5 Å². The van der Waals surface area contributed by atoms with E-state index < -0.39 is 0 Å². The number of nitrogens with one attached hydrogen (secondary N) is 1. The van der Waals surface area contributed by atoms with Gasteiger partial charge in [-0.25, -0.2) is 0 Å². The Labute approximate surface area is 138 Å². The highest BCUT2D eigenvalue weighted by Gasteiger charge is 2.02. The van der Waals surface area contributed by atoms with Gasteiger partial charge >= 0.3 is 0 Å². The van der Waals surface area contributed by atoms with E-state index in [4.69, 9.17) is 0 Å². The Bertz CT molecular complexity index is 482. The van der Waals surface area contributed by atoms with Crippen LogP contribution in [0.25, 0.3) is 0 Å². The molecular formula is C20H30NP. The predicted octanol–water partition coefficient (Wildman–Crippen LogP) is 5.27. The highest BCUT2D eigenvalue weighted by atomic mass is 31.0. The van der Waals surface area contributed by atoms with Gasteiger partial charge in [-0.15, -0.1) is 9.24 Å². The summed E-state index contributed by atoms with van der Waals surface area (Å²) in [4.78, 5) is 0. The molecule has 0 saturated heterocycles. The lowest BCUT2D eigenvalue weighted by molar-refractivity contribution is 0.626. The van der Waals surface area contributed by atoms with Gasteiger partial charge in [-0.2, -0.15) is 0 Å². The predicted molar refractivity (Wildman–Crippen MR) is 102 cm³/mol. The molecule has 120 valence electrons. The Morgan fingerprint density at radius 1 is 0.864 bits per heavy atom. The van der Waals surface area contributed by atoms with E-state index in [1.165, 1.54) is 17.5 Å². The zero-order valence-electron chi connectivity index (χ0n) is 14.1. The molecule has 0 amide bonds. The van der Waals surface area contributed by atoms with E-state index in [9.17, 15) is 0 Å². The Hall–Kier alpha value is -1.17. The van der Waals surface area contributed by atoms with Gasteiger partial charge in [0.05, 0.1) is 0 Å². The third-order valence-electron chi connectivity index (χ3n) is 3.53. The van der Waals surface area contributed by atoms with Crippen LogP contribution < -0.4 is 5.32 Å². The standard InChI is InChI=1S/C15H18NP.C5H12/c17-15(11-13-7-3-1-4-8-13)16-12-14-9-5-2-6-10-14;1-4-5(2)3/h1-10,15-16H,11-12,17H2;5H,4H2,1-3H3. The maximum atomic E-state index is 3.51.